The van der Waals surface area contributed by atoms with Crippen LogP contribution in [-0.2, 0) is 9.63 Å². The summed E-state index contributed by atoms with van der Waals surface area (Å²) in [6, 6.07) is 1.32. The molecule has 0 atom stereocenters. The Kier molecular flexibility index (Phi) is 4.48. The lowest BCUT2D eigenvalue weighted by molar-refractivity contribution is -0.124. The molecule has 8 heteroatoms. The fourth-order valence-corrected chi connectivity index (χ4v) is 1.05. The zero-order valence-electron chi connectivity index (χ0n) is 7.87. The molecule has 1 heterocycles. The molecule has 16 heavy (non-hydrogen) atoms. The lowest BCUT2D eigenvalue weighted by Gasteiger charge is -2.04. The number of carbonyl (C=O) groups is 2. The average Bonchev–Trinajstić information content (AvgIpc) is 2.21. The van der Waals surface area contributed by atoms with E-state index in [4.69, 9.17) is 28.9 Å². The SMILES string of the molecule is NC(=O)CONC(=O)c1cnc(Cl)c(Cl)c1. The largest absolute Gasteiger partial charge is 0.368 e. The molecule has 0 aliphatic rings. The van der Waals surface area contributed by atoms with Gasteiger partial charge in [-0.05, 0) is 6.07 Å². The van der Waals surface area contributed by atoms with Gasteiger partial charge < -0.3 is 5.73 Å². The average molecular weight is 264 g/mol. The van der Waals surface area contributed by atoms with E-state index in [0.717, 1.165) is 0 Å². The Morgan fingerprint density at radius 3 is 2.75 bits per heavy atom. The van der Waals surface area contributed by atoms with E-state index in [9.17, 15) is 9.59 Å². The maximum absolute atomic E-state index is 11.4. The van der Waals surface area contributed by atoms with Gasteiger partial charge in [0.15, 0.2) is 6.61 Å². The molecule has 0 saturated heterocycles. The summed E-state index contributed by atoms with van der Waals surface area (Å²) in [6.45, 7) is -0.416. The number of hydrogen-bond donors (Lipinski definition) is 2. The van der Waals surface area contributed by atoms with Crippen LogP contribution in [0.2, 0.25) is 10.2 Å². The zero-order chi connectivity index (χ0) is 12.1. The number of hydroxylamine groups is 1. The van der Waals surface area contributed by atoms with Crippen LogP contribution < -0.4 is 11.2 Å². The van der Waals surface area contributed by atoms with Gasteiger partial charge in [0.05, 0.1) is 10.6 Å². The zero-order valence-corrected chi connectivity index (χ0v) is 9.38. The number of pyridine rings is 1. The lowest BCUT2D eigenvalue weighted by atomic mass is 10.3. The molecule has 1 aromatic heterocycles. The highest BCUT2D eigenvalue weighted by molar-refractivity contribution is 6.41. The number of amides is 2. The monoisotopic (exact) mass is 263 g/mol. The van der Waals surface area contributed by atoms with Crippen LogP contribution in [0.1, 0.15) is 10.4 Å². The maximum atomic E-state index is 11.4. The van der Waals surface area contributed by atoms with Crippen molar-refractivity contribution in [3.05, 3.63) is 28.0 Å². The predicted octanol–water partition coefficient (Wildman–Crippen LogP) is 0.535. The smallest absolute Gasteiger partial charge is 0.276 e. The van der Waals surface area contributed by atoms with Gasteiger partial charge in [0.25, 0.3) is 5.91 Å². The molecule has 0 aliphatic heterocycles. The molecule has 0 unspecified atom stereocenters. The van der Waals surface area contributed by atoms with Gasteiger partial charge in [-0.15, -0.1) is 0 Å². The molecule has 0 aliphatic carbocycles. The van der Waals surface area contributed by atoms with Crippen molar-refractivity contribution < 1.29 is 14.4 Å². The van der Waals surface area contributed by atoms with Crippen LogP contribution in [0.15, 0.2) is 12.3 Å². The van der Waals surface area contributed by atoms with E-state index in [1.807, 2.05) is 5.48 Å². The fraction of sp³-hybridized carbons (Fsp3) is 0.125. The molecule has 0 bridgehead atoms. The van der Waals surface area contributed by atoms with E-state index in [1.165, 1.54) is 12.3 Å². The van der Waals surface area contributed by atoms with Crippen LogP contribution in [0.25, 0.3) is 0 Å². The summed E-state index contributed by atoms with van der Waals surface area (Å²) < 4.78 is 0. The van der Waals surface area contributed by atoms with Gasteiger partial charge in [0, 0.05) is 6.20 Å². The van der Waals surface area contributed by atoms with Crippen LogP contribution in [0.4, 0.5) is 0 Å². The Bertz CT molecular complexity index is 425. The van der Waals surface area contributed by atoms with E-state index in [1.54, 1.807) is 0 Å². The molecule has 1 aromatic rings. The summed E-state index contributed by atoms with van der Waals surface area (Å²) in [5.74, 6) is -1.31. The second-order valence-electron chi connectivity index (χ2n) is 2.68. The number of aromatic nitrogens is 1. The lowest BCUT2D eigenvalue weighted by Crippen LogP contribution is -2.29. The van der Waals surface area contributed by atoms with Gasteiger partial charge in [-0.2, -0.15) is 0 Å². The van der Waals surface area contributed by atoms with Crippen molar-refractivity contribution in [1.29, 1.82) is 0 Å². The first-order valence-electron chi connectivity index (χ1n) is 4.02. The summed E-state index contributed by atoms with van der Waals surface area (Å²) in [6.07, 6.45) is 1.22. The van der Waals surface area contributed by atoms with Crippen molar-refractivity contribution in [2.75, 3.05) is 6.61 Å². The summed E-state index contributed by atoms with van der Waals surface area (Å²) in [5.41, 5.74) is 6.94. The Morgan fingerprint density at radius 1 is 1.50 bits per heavy atom. The first kappa shape index (κ1) is 12.7. The second kappa shape index (κ2) is 5.64. The number of nitrogens with two attached hydrogens (primary N) is 1. The highest BCUT2D eigenvalue weighted by Crippen LogP contribution is 2.19. The predicted molar refractivity (Wildman–Crippen MR) is 56.9 cm³/mol. The molecule has 0 saturated carbocycles. The molecule has 6 nitrogen and oxygen atoms in total. The number of rotatable bonds is 4. The van der Waals surface area contributed by atoms with E-state index in [-0.39, 0.29) is 15.7 Å². The molecular formula is C8H7Cl2N3O3. The highest BCUT2D eigenvalue weighted by atomic mass is 35.5. The molecule has 0 radical (unpaired) electrons. The van der Waals surface area contributed by atoms with E-state index >= 15 is 0 Å². The first-order chi connectivity index (χ1) is 7.50. The third-order valence-corrected chi connectivity index (χ3v) is 2.12. The molecule has 1 rings (SSSR count). The third kappa shape index (κ3) is 3.65. The van der Waals surface area contributed by atoms with Crippen LogP contribution in [0.5, 0.6) is 0 Å². The van der Waals surface area contributed by atoms with Gasteiger partial charge in [-0.25, -0.2) is 10.5 Å². The Morgan fingerprint density at radius 2 is 2.19 bits per heavy atom. The third-order valence-electron chi connectivity index (χ3n) is 1.44. The maximum Gasteiger partial charge on any atom is 0.276 e. The van der Waals surface area contributed by atoms with Crippen molar-refractivity contribution in [3.8, 4) is 0 Å². The van der Waals surface area contributed by atoms with Crippen molar-refractivity contribution >= 4 is 35.0 Å². The minimum atomic E-state index is -0.701. The van der Waals surface area contributed by atoms with Crippen LogP contribution in [0, 0.1) is 0 Å². The minimum absolute atomic E-state index is 0.0938. The number of nitrogens with zero attached hydrogens (tertiary/aromatic N) is 1. The van der Waals surface area contributed by atoms with Gasteiger partial charge in [0.2, 0.25) is 5.91 Å². The number of hydrogen-bond acceptors (Lipinski definition) is 4. The van der Waals surface area contributed by atoms with Crippen LogP contribution in [-0.4, -0.2) is 23.4 Å². The van der Waals surface area contributed by atoms with Gasteiger partial charge in [0.1, 0.15) is 5.15 Å². The van der Waals surface area contributed by atoms with Gasteiger partial charge in [-0.3, -0.25) is 14.4 Å². The standard InChI is InChI=1S/C8H7Cl2N3O3/c9-5-1-4(2-12-7(5)10)8(15)13-16-3-6(11)14/h1-2H,3H2,(H2,11,14)(H,13,15). The van der Waals surface area contributed by atoms with Gasteiger partial charge in [-0.1, -0.05) is 23.2 Å². The molecule has 2 amide bonds. The van der Waals surface area contributed by atoms with E-state index in [2.05, 4.69) is 9.82 Å². The molecular weight excluding hydrogens is 257 g/mol. The Hall–Kier alpha value is -1.37. The van der Waals surface area contributed by atoms with Crippen LogP contribution in [0.3, 0.4) is 0 Å². The Labute approximate surface area is 101 Å². The normalized spacial score (nSPS) is 9.88. The van der Waals surface area contributed by atoms with Crippen molar-refractivity contribution in [3.63, 3.8) is 0 Å². The molecule has 86 valence electrons. The minimum Gasteiger partial charge on any atom is -0.368 e. The fourth-order valence-electron chi connectivity index (χ4n) is 0.777. The molecule has 0 aromatic carbocycles. The summed E-state index contributed by atoms with van der Waals surface area (Å²) in [4.78, 5) is 29.8. The quantitative estimate of drug-likeness (QED) is 0.612. The Balaban J connectivity index is 2.59. The van der Waals surface area contributed by atoms with E-state index in [0.29, 0.717) is 0 Å². The summed E-state index contributed by atoms with van der Waals surface area (Å²) >= 11 is 11.2. The second-order valence-corrected chi connectivity index (χ2v) is 3.45. The number of halogens is 2. The topological polar surface area (TPSA) is 94.3 Å². The summed E-state index contributed by atoms with van der Waals surface area (Å²) in [7, 11) is 0. The van der Waals surface area contributed by atoms with Gasteiger partial charge >= 0.3 is 0 Å². The van der Waals surface area contributed by atoms with E-state index < -0.39 is 18.4 Å². The van der Waals surface area contributed by atoms with Crippen molar-refractivity contribution in [2.45, 2.75) is 0 Å². The summed E-state index contributed by atoms with van der Waals surface area (Å²) in [5, 5.41) is 0.237. The number of nitrogens with one attached hydrogen (secondary N) is 1. The first-order valence-corrected chi connectivity index (χ1v) is 4.78. The van der Waals surface area contributed by atoms with Crippen molar-refractivity contribution in [1.82, 2.24) is 10.5 Å². The molecule has 3 N–H and O–H groups in total. The number of primary amides is 1. The molecule has 0 spiro atoms. The number of carbonyl (C=O) groups excluding carboxylic acids is 2. The van der Waals surface area contributed by atoms with Crippen LogP contribution >= 0.6 is 23.2 Å². The van der Waals surface area contributed by atoms with Crippen molar-refractivity contribution in [2.24, 2.45) is 5.73 Å². The highest BCUT2D eigenvalue weighted by Gasteiger charge is 2.09. The molecule has 0 fully saturated rings.